The molecule has 0 radical (unpaired) electrons. The van der Waals surface area contributed by atoms with Gasteiger partial charge in [0.2, 0.25) is 5.76 Å². The molecule has 2 unspecified atom stereocenters. The Hall–Kier alpha value is -3.87. The molecule has 33 heavy (non-hydrogen) atoms. The fourth-order valence-electron chi connectivity index (χ4n) is 3.58. The molecule has 7 nitrogen and oxygen atoms in total. The second kappa shape index (κ2) is 11.1. The molecule has 1 amide bonds. The topological polar surface area (TPSA) is 106 Å². The number of ether oxygens (including phenoxy) is 1. The molecule has 2 N–H and O–H groups in total. The lowest BCUT2D eigenvalue weighted by Crippen LogP contribution is -2.38. The number of carboxylic acid groups (broad SMARTS) is 1. The number of amides is 1. The fourth-order valence-corrected chi connectivity index (χ4v) is 3.58. The third-order valence-electron chi connectivity index (χ3n) is 5.25. The molecule has 0 aliphatic rings. The Morgan fingerprint density at radius 1 is 0.939 bits per heavy atom. The van der Waals surface area contributed by atoms with Crippen molar-refractivity contribution in [1.82, 2.24) is 5.32 Å². The van der Waals surface area contributed by atoms with Crippen LogP contribution in [-0.4, -0.2) is 35.6 Å². The lowest BCUT2D eigenvalue weighted by Gasteiger charge is -2.21. The molecule has 0 fully saturated rings. The number of hydrogen-bond donors (Lipinski definition) is 2. The van der Waals surface area contributed by atoms with Crippen LogP contribution in [0.1, 0.15) is 46.9 Å². The number of esters is 1. The molecule has 0 spiro atoms. The van der Waals surface area contributed by atoms with Crippen LogP contribution in [0.3, 0.4) is 0 Å². The number of nitrogens with one attached hydrogen (secondary N) is 1. The molecule has 0 aliphatic heterocycles. The minimum atomic E-state index is -1.25. The van der Waals surface area contributed by atoms with Crippen LogP contribution in [0.2, 0.25) is 0 Å². The van der Waals surface area contributed by atoms with Gasteiger partial charge in [0, 0.05) is 6.04 Å². The molecule has 1 aromatic heterocycles. The van der Waals surface area contributed by atoms with Gasteiger partial charge in [-0.25, -0.2) is 4.79 Å². The Morgan fingerprint density at radius 3 is 2.18 bits per heavy atom. The SMILES string of the molecule is CCOC(=O)C(C)CC(Cc1ccc(-c2ccccc2)cc1)NC(=O)c1ccc(C(=O)O)o1. The van der Waals surface area contributed by atoms with Gasteiger partial charge in [-0.2, -0.15) is 0 Å². The number of benzene rings is 2. The van der Waals surface area contributed by atoms with Crippen LogP contribution in [-0.2, 0) is 16.0 Å². The van der Waals surface area contributed by atoms with Crippen LogP contribution < -0.4 is 5.32 Å². The zero-order chi connectivity index (χ0) is 23.8. The maximum atomic E-state index is 12.7. The number of carbonyl (C=O) groups is 3. The molecule has 172 valence electrons. The third kappa shape index (κ3) is 6.55. The average Bonchev–Trinajstić information content (AvgIpc) is 3.31. The van der Waals surface area contributed by atoms with Crippen LogP contribution >= 0.6 is 0 Å². The Balaban J connectivity index is 1.75. The van der Waals surface area contributed by atoms with Crippen molar-refractivity contribution in [3.63, 3.8) is 0 Å². The predicted octanol–water partition coefficient (Wildman–Crippen LogP) is 4.58. The van der Waals surface area contributed by atoms with Crippen LogP contribution in [0.15, 0.2) is 71.1 Å². The summed E-state index contributed by atoms with van der Waals surface area (Å²) in [5.74, 6) is -2.95. The van der Waals surface area contributed by atoms with Gasteiger partial charge in [0.25, 0.3) is 5.91 Å². The molecule has 7 heteroatoms. The lowest BCUT2D eigenvalue weighted by atomic mass is 9.95. The van der Waals surface area contributed by atoms with Gasteiger partial charge < -0.3 is 19.6 Å². The van der Waals surface area contributed by atoms with E-state index in [0.29, 0.717) is 12.8 Å². The molecule has 2 aromatic carbocycles. The van der Waals surface area contributed by atoms with Gasteiger partial charge in [-0.3, -0.25) is 9.59 Å². The summed E-state index contributed by atoms with van der Waals surface area (Å²) in [6, 6.07) is 20.2. The van der Waals surface area contributed by atoms with E-state index >= 15 is 0 Å². The van der Waals surface area contributed by atoms with E-state index in [2.05, 4.69) is 5.32 Å². The summed E-state index contributed by atoms with van der Waals surface area (Å²) in [5, 5.41) is 11.9. The maximum absolute atomic E-state index is 12.7. The standard InChI is InChI=1S/C26H27NO6/c1-3-32-26(31)17(2)15-21(27-24(28)22-13-14-23(33-22)25(29)30)16-18-9-11-20(12-10-18)19-7-5-4-6-8-19/h4-14,17,21H,3,15-16H2,1-2H3,(H,27,28)(H,29,30). The summed E-state index contributed by atoms with van der Waals surface area (Å²) < 4.78 is 10.2. The highest BCUT2D eigenvalue weighted by Crippen LogP contribution is 2.21. The number of carbonyl (C=O) groups excluding carboxylic acids is 2. The van der Waals surface area contributed by atoms with Gasteiger partial charge in [0.1, 0.15) is 0 Å². The van der Waals surface area contributed by atoms with E-state index in [9.17, 15) is 14.4 Å². The van der Waals surface area contributed by atoms with E-state index in [1.54, 1.807) is 13.8 Å². The lowest BCUT2D eigenvalue weighted by molar-refractivity contribution is -0.147. The van der Waals surface area contributed by atoms with Gasteiger partial charge in [-0.15, -0.1) is 0 Å². The molecule has 0 aliphatic carbocycles. The molecule has 0 bridgehead atoms. The summed E-state index contributed by atoms with van der Waals surface area (Å²) >= 11 is 0. The molecule has 3 aromatic rings. The van der Waals surface area contributed by atoms with E-state index in [0.717, 1.165) is 16.7 Å². The number of hydrogen-bond acceptors (Lipinski definition) is 5. The van der Waals surface area contributed by atoms with Gasteiger partial charge >= 0.3 is 11.9 Å². The van der Waals surface area contributed by atoms with Crippen molar-refractivity contribution in [3.8, 4) is 11.1 Å². The van der Waals surface area contributed by atoms with Gasteiger partial charge in [-0.05, 0) is 48.6 Å². The number of furan rings is 1. The predicted molar refractivity (Wildman–Crippen MR) is 123 cm³/mol. The molecule has 0 saturated heterocycles. The van der Waals surface area contributed by atoms with Crippen molar-refractivity contribution in [3.05, 3.63) is 83.8 Å². The first-order valence-electron chi connectivity index (χ1n) is 10.8. The Morgan fingerprint density at radius 2 is 1.58 bits per heavy atom. The minimum Gasteiger partial charge on any atom is -0.475 e. The van der Waals surface area contributed by atoms with Crippen molar-refractivity contribution < 1.29 is 28.6 Å². The highest BCUT2D eigenvalue weighted by molar-refractivity contribution is 5.93. The second-order valence-corrected chi connectivity index (χ2v) is 7.80. The summed E-state index contributed by atoms with van der Waals surface area (Å²) in [6.45, 7) is 3.78. The summed E-state index contributed by atoms with van der Waals surface area (Å²) in [7, 11) is 0. The van der Waals surface area contributed by atoms with Crippen molar-refractivity contribution in [2.75, 3.05) is 6.61 Å². The van der Waals surface area contributed by atoms with Gasteiger partial charge in [0.05, 0.1) is 12.5 Å². The van der Waals surface area contributed by atoms with E-state index in [-0.39, 0.29) is 24.1 Å². The first kappa shape index (κ1) is 23.8. The van der Waals surface area contributed by atoms with E-state index in [4.69, 9.17) is 14.3 Å². The Kier molecular flexibility index (Phi) is 8.02. The third-order valence-corrected chi connectivity index (χ3v) is 5.25. The maximum Gasteiger partial charge on any atom is 0.371 e. The summed E-state index contributed by atoms with van der Waals surface area (Å²) in [4.78, 5) is 35.9. The molecule has 0 saturated carbocycles. The van der Waals surface area contributed by atoms with Gasteiger partial charge in [-0.1, -0.05) is 61.5 Å². The van der Waals surface area contributed by atoms with E-state index in [1.165, 1.54) is 12.1 Å². The van der Waals surface area contributed by atoms with Crippen molar-refractivity contribution >= 4 is 17.8 Å². The van der Waals surface area contributed by atoms with Crippen molar-refractivity contribution in [2.24, 2.45) is 5.92 Å². The van der Waals surface area contributed by atoms with Crippen molar-refractivity contribution in [2.45, 2.75) is 32.7 Å². The molecule has 1 heterocycles. The highest BCUT2D eigenvalue weighted by Gasteiger charge is 2.24. The Bertz CT molecular complexity index is 1090. The molecular weight excluding hydrogens is 422 g/mol. The van der Waals surface area contributed by atoms with Gasteiger partial charge in [0.15, 0.2) is 5.76 Å². The zero-order valence-corrected chi connectivity index (χ0v) is 18.6. The first-order valence-corrected chi connectivity index (χ1v) is 10.8. The van der Waals surface area contributed by atoms with Crippen LogP contribution in [0, 0.1) is 5.92 Å². The number of rotatable bonds is 10. The van der Waals surface area contributed by atoms with Crippen molar-refractivity contribution in [1.29, 1.82) is 0 Å². The largest absolute Gasteiger partial charge is 0.475 e. The monoisotopic (exact) mass is 449 g/mol. The van der Waals surface area contributed by atoms with Crippen LogP contribution in [0.5, 0.6) is 0 Å². The average molecular weight is 450 g/mol. The molecule has 2 atom stereocenters. The summed E-state index contributed by atoms with van der Waals surface area (Å²) in [6.07, 6.45) is 0.842. The first-order chi connectivity index (χ1) is 15.9. The quantitative estimate of drug-likeness (QED) is 0.439. The molecular formula is C26H27NO6. The molecule has 3 rings (SSSR count). The number of aromatic carboxylic acids is 1. The zero-order valence-electron chi connectivity index (χ0n) is 18.6. The fraction of sp³-hybridized carbons (Fsp3) is 0.269. The second-order valence-electron chi connectivity index (χ2n) is 7.80. The van der Waals surface area contributed by atoms with E-state index < -0.39 is 23.8 Å². The summed E-state index contributed by atoms with van der Waals surface area (Å²) in [5.41, 5.74) is 3.18. The minimum absolute atomic E-state index is 0.0967. The van der Waals surface area contributed by atoms with E-state index in [1.807, 2.05) is 54.6 Å². The number of carboxylic acids is 1. The normalized spacial score (nSPS) is 12.5. The Labute approximate surface area is 192 Å². The highest BCUT2D eigenvalue weighted by atomic mass is 16.5. The van der Waals surface area contributed by atoms with Crippen LogP contribution in [0.25, 0.3) is 11.1 Å². The smallest absolute Gasteiger partial charge is 0.371 e. The van der Waals surface area contributed by atoms with Crippen LogP contribution in [0.4, 0.5) is 0 Å².